The van der Waals surface area contributed by atoms with Crippen molar-refractivity contribution in [3.63, 3.8) is 0 Å². The Morgan fingerprint density at radius 3 is 2.58 bits per heavy atom. The minimum Gasteiger partial charge on any atom is -0.494 e. The molecule has 0 saturated carbocycles. The standard InChI is InChI=1S/C32H30N4O4/c37-30-12-7-22-5-8-26(9-6-22)40-28-10-11-29-23(17-28)13-15-36(32(38)25-19-33-21-34-20-25)31(29)24-3-1-4-27(18-24)39-16-2-14-35-30/h1,3-6,8-11,17-21,31H,2,7,12-16H2,(H,35,37). The first kappa shape index (κ1) is 25.6. The van der Waals surface area contributed by atoms with Gasteiger partial charge in [-0.2, -0.15) is 0 Å². The maximum absolute atomic E-state index is 13.7. The lowest BCUT2D eigenvalue weighted by Gasteiger charge is -2.38. The monoisotopic (exact) mass is 534 g/mol. The molecule has 0 fully saturated rings. The average molecular weight is 535 g/mol. The van der Waals surface area contributed by atoms with Crippen molar-refractivity contribution in [3.8, 4) is 17.2 Å². The number of nitrogens with zero attached hydrogens (tertiary/aromatic N) is 3. The average Bonchev–Trinajstić information content (AvgIpc) is 3.00. The van der Waals surface area contributed by atoms with E-state index in [4.69, 9.17) is 9.47 Å². The van der Waals surface area contributed by atoms with E-state index in [-0.39, 0.29) is 17.9 Å². The molecule has 2 amide bonds. The first-order chi connectivity index (χ1) is 19.6. The van der Waals surface area contributed by atoms with Crippen LogP contribution in [0.4, 0.5) is 0 Å². The van der Waals surface area contributed by atoms with Gasteiger partial charge in [0, 0.05) is 31.9 Å². The van der Waals surface area contributed by atoms with Crippen molar-refractivity contribution in [2.75, 3.05) is 19.7 Å². The number of fused-ring (bicyclic) bond motifs is 1. The van der Waals surface area contributed by atoms with Crippen molar-refractivity contribution in [3.05, 3.63) is 113 Å². The van der Waals surface area contributed by atoms with E-state index in [0.29, 0.717) is 50.9 Å². The molecule has 202 valence electrons. The van der Waals surface area contributed by atoms with Gasteiger partial charge in [-0.1, -0.05) is 30.3 Å². The zero-order valence-electron chi connectivity index (χ0n) is 22.1. The summed E-state index contributed by atoms with van der Waals surface area (Å²) in [6, 6.07) is 21.5. The minimum absolute atomic E-state index is 0.0235. The Morgan fingerprint density at radius 1 is 0.900 bits per heavy atom. The van der Waals surface area contributed by atoms with Crippen LogP contribution in [0.15, 0.2) is 85.5 Å². The molecule has 5 heterocycles. The number of aromatic nitrogens is 2. The van der Waals surface area contributed by atoms with Crippen molar-refractivity contribution in [2.24, 2.45) is 0 Å². The molecule has 8 bridgehead atoms. The molecule has 0 radical (unpaired) electrons. The molecular formula is C32H30N4O4. The summed E-state index contributed by atoms with van der Waals surface area (Å²) < 4.78 is 12.2. The zero-order chi connectivity index (χ0) is 27.3. The predicted molar refractivity (Wildman–Crippen MR) is 149 cm³/mol. The van der Waals surface area contributed by atoms with E-state index >= 15 is 0 Å². The molecule has 8 heteroatoms. The van der Waals surface area contributed by atoms with Crippen molar-refractivity contribution in [1.29, 1.82) is 0 Å². The summed E-state index contributed by atoms with van der Waals surface area (Å²) in [7, 11) is 0. The number of hydrogen-bond donors (Lipinski definition) is 1. The smallest absolute Gasteiger partial charge is 0.257 e. The molecular weight excluding hydrogens is 504 g/mol. The second-order valence-electron chi connectivity index (χ2n) is 10.0. The van der Waals surface area contributed by atoms with Gasteiger partial charge in [0.25, 0.3) is 5.91 Å². The summed E-state index contributed by atoms with van der Waals surface area (Å²) in [5, 5.41) is 2.97. The van der Waals surface area contributed by atoms with Crippen LogP contribution in [0, 0.1) is 0 Å². The van der Waals surface area contributed by atoms with Crippen LogP contribution in [0.1, 0.15) is 51.5 Å². The van der Waals surface area contributed by atoms with E-state index < -0.39 is 0 Å². The highest BCUT2D eigenvalue weighted by molar-refractivity contribution is 5.94. The molecule has 3 aromatic carbocycles. The highest BCUT2D eigenvalue weighted by atomic mass is 16.5. The maximum atomic E-state index is 13.7. The lowest BCUT2D eigenvalue weighted by molar-refractivity contribution is -0.121. The van der Waals surface area contributed by atoms with Crippen molar-refractivity contribution < 1.29 is 19.1 Å². The molecule has 40 heavy (non-hydrogen) atoms. The molecule has 1 aromatic heterocycles. The molecule has 4 aliphatic heterocycles. The van der Waals surface area contributed by atoms with Gasteiger partial charge in [-0.15, -0.1) is 0 Å². The van der Waals surface area contributed by atoms with Crippen LogP contribution in [-0.2, 0) is 17.6 Å². The van der Waals surface area contributed by atoms with Gasteiger partial charge < -0.3 is 19.7 Å². The number of benzene rings is 3. The Kier molecular flexibility index (Phi) is 7.39. The highest BCUT2D eigenvalue weighted by Gasteiger charge is 2.33. The van der Waals surface area contributed by atoms with E-state index in [1.165, 1.54) is 6.33 Å². The first-order valence-corrected chi connectivity index (χ1v) is 13.6. The summed E-state index contributed by atoms with van der Waals surface area (Å²) in [5.74, 6) is 2.10. The molecule has 0 saturated heterocycles. The summed E-state index contributed by atoms with van der Waals surface area (Å²) in [6.45, 7) is 1.55. The van der Waals surface area contributed by atoms with Crippen molar-refractivity contribution in [1.82, 2.24) is 20.2 Å². The van der Waals surface area contributed by atoms with Gasteiger partial charge in [-0.05, 0) is 77.9 Å². The molecule has 1 unspecified atom stereocenters. The number of aryl methyl sites for hydroxylation is 1. The van der Waals surface area contributed by atoms with Crippen LogP contribution in [0.3, 0.4) is 0 Å². The van der Waals surface area contributed by atoms with E-state index in [1.54, 1.807) is 12.4 Å². The van der Waals surface area contributed by atoms with Gasteiger partial charge in [-0.3, -0.25) is 9.59 Å². The number of carbonyl (C=O) groups is 2. The van der Waals surface area contributed by atoms with Crippen LogP contribution in [0.5, 0.6) is 17.2 Å². The summed E-state index contributed by atoms with van der Waals surface area (Å²) in [6.07, 6.45) is 7.01. The third-order valence-corrected chi connectivity index (χ3v) is 7.30. The number of hydrogen-bond acceptors (Lipinski definition) is 6. The van der Waals surface area contributed by atoms with Gasteiger partial charge in [0.2, 0.25) is 5.91 Å². The molecule has 0 aliphatic carbocycles. The predicted octanol–water partition coefficient (Wildman–Crippen LogP) is 4.89. The fraction of sp³-hybridized carbons (Fsp3) is 0.250. The third-order valence-electron chi connectivity index (χ3n) is 7.30. The Morgan fingerprint density at radius 2 is 1.73 bits per heavy atom. The van der Waals surface area contributed by atoms with Crippen LogP contribution in [0.2, 0.25) is 0 Å². The van der Waals surface area contributed by atoms with Gasteiger partial charge in [0.15, 0.2) is 0 Å². The van der Waals surface area contributed by atoms with Crippen LogP contribution in [-0.4, -0.2) is 46.4 Å². The third kappa shape index (κ3) is 5.66. The quantitative estimate of drug-likeness (QED) is 0.374. The summed E-state index contributed by atoms with van der Waals surface area (Å²) in [5.41, 5.74) is 4.66. The van der Waals surface area contributed by atoms with Gasteiger partial charge >= 0.3 is 0 Å². The molecule has 4 aromatic rings. The van der Waals surface area contributed by atoms with E-state index in [9.17, 15) is 9.59 Å². The SMILES string of the molecule is O=C1CCc2ccc(cc2)Oc2ccc3c(c2)CCN(C(=O)c2cncnc2)C3c2cccc(c2)OCCCN1. The Hall–Kier alpha value is -4.72. The normalized spacial score (nSPS) is 17.2. The van der Waals surface area contributed by atoms with Gasteiger partial charge in [0.1, 0.15) is 23.6 Å². The topological polar surface area (TPSA) is 93.7 Å². The lowest BCUT2D eigenvalue weighted by atomic mass is 9.87. The number of amides is 2. The number of rotatable bonds is 1. The minimum atomic E-state index is -0.318. The lowest BCUT2D eigenvalue weighted by Crippen LogP contribution is -2.40. The van der Waals surface area contributed by atoms with Crippen molar-refractivity contribution >= 4 is 11.8 Å². The van der Waals surface area contributed by atoms with E-state index in [2.05, 4.69) is 27.4 Å². The van der Waals surface area contributed by atoms with E-state index in [1.807, 2.05) is 59.5 Å². The first-order valence-electron chi connectivity index (χ1n) is 13.6. The Bertz CT molecular complexity index is 1510. The summed E-state index contributed by atoms with van der Waals surface area (Å²) in [4.78, 5) is 36.0. The Balaban J connectivity index is 1.38. The van der Waals surface area contributed by atoms with Crippen LogP contribution in [0.25, 0.3) is 0 Å². The second-order valence-corrected chi connectivity index (χ2v) is 10.0. The highest BCUT2D eigenvalue weighted by Crippen LogP contribution is 2.39. The molecule has 8 rings (SSSR count). The molecule has 1 atom stereocenters. The largest absolute Gasteiger partial charge is 0.494 e. The molecule has 4 aliphatic rings. The fourth-order valence-electron chi connectivity index (χ4n) is 5.29. The number of carbonyl (C=O) groups excluding carboxylic acids is 2. The Labute approximate surface area is 233 Å². The van der Waals surface area contributed by atoms with Crippen LogP contribution >= 0.6 is 0 Å². The summed E-state index contributed by atoms with van der Waals surface area (Å²) >= 11 is 0. The molecule has 1 N–H and O–H groups in total. The number of nitrogens with one attached hydrogen (secondary N) is 1. The maximum Gasteiger partial charge on any atom is 0.257 e. The van der Waals surface area contributed by atoms with E-state index in [0.717, 1.165) is 39.5 Å². The second kappa shape index (κ2) is 11.6. The molecule has 8 nitrogen and oxygen atoms in total. The zero-order valence-corrected chi connectivity index (χ0v) is 22.1. The fourth-order valence-corrected chi connectivity index (χ4v) is 5.29. The van der Waals surface area contributed by atoms with Gasteiger partial charge in [-0.25, -0.2) is 9.97 Å². The van der Waals surface area contributed by atoms with Crippen molar-refractivity contribution in [2.45, 2.75) is 31.7 Å². The van der Waals surface area contributed by atoms with Crippen LogP contribution < -0.4 is 14.8 Å². The number of ether oxygens (including phenoxy) is 2. The van der Waals surface area contributed by atoms with Gasteiger partial charge in [0.05, 0.1) is 18.2 Å². The molecule has 0 spiro atoms.